The van der Waals surface area contributed by atoms with E-state index in [0.717, 1.165) is 5.69 Å². The van der Waals surface area contributed by atoms with Crippen molar-refractivity contribution in [3.05, 3.63) is 24.3 Å². The molecule has 0 spiro atoms. The van der Waals surface area contributed by atoms with Crippen molar-refractivity contribution in [3.63, 3.8) is 0 Å². The van der Waals surface area contributed by atoms with Gasteiger partial charge < -0.3 is 9.02 Å². The number of unbranched alkanes of at least 4 members (excludes halogenated alkanes) is 1. The van der Waals surface area contributed by atoms with Gasteiger partial charge in [-0.15, -0.1) is 0 Å². The minimum absolute atomic E-state index is 0.0575. The molecule has 0 atom stereocenters. The number of carbonyl (C=O) groups excluding carboxylic acids is 1. The molecule has 0 fully saturated rings. The minimum Gasteiger partial charge on any atom is -0.456 e. The number of carbonyl (C=O) groups is 1. The van der Waals surface area contributed by atoms with E-state index < -0.39 is 24.7 Å². The quantitative estimate of drug-likeness (QED) is 0.323. The fraction of sp³-hybridized carbons (Fsp3) is 0.667. The Labute approximate surface area is 174 Å². The molecule has 0 aliphatic heterocycles. The molecule has 1 aromatic rings. The van der Waals surface area contributed by atoms with Crippen LogP contribution in [0.3, 0.4) is 0 Å². The Morgan fingerprint density at radius 2 is 1.68 bits per heavy atom. The van der Waals surface area contributed by atoms with Gasteiger partial charge in [-0.2, -0.15) is 0 Å². The summed E-state index contributed by atoms with van der Waals surface area (Å²) in [4.78, 5) is 14.1. The average molecular weight is 442 g/mol. The number of amides is 1. The third kappa shape index (κ3) is 8.71. The molecule has 1 aromatic carbocycles. The first-order valence-corrected chi connectivity index (χ1v) is 20.1. The zero-order valence-electron chi connectivity index (χ0n) is 19.2. The van der Waals surface area contributed by atoms with Crippen molar-refractivity contribution in [1.82, 2.24) is 0 Å². The van der Waals surface area contributed by atoms with Crippen molar-refractivity contribution in [1.29, 1.82) is 0 Å². The number of nitrogens with zero attached hydrogens (tertiary/aromatic N) is 1. The van der Waals surface area contributed by atoms with Gasteiger partial charge in [-0.1, -0.05) is 36.5 Å². The van der Waals surface area contributed by atoms with Gasteiger partial charge >= 0.3 is 0 Å². The average Bonchev–Trinajstić information content (AvgIpc) is 2.58. The van der Waals surface area contributed by atoms with Crippen LogP contribution in [0.15, 0.2) is 24.3 Å². The van der Waals surface area contributed by atoms with Crippen LogP contribution in [0.25, 0.3) is 0 Å². The van der Waals surface area contributed by atoms with Crippen LogP contribution in [0, 0.1) is 0 Å². The van der Waals surface area contributed by atoms with Gasteiger partial charge in [0.25, 0.3) is 0 Å². The molecule has 28 heavy (non-hydrogen) atoms. The Balaban J connectivity index is 2.84. The maximum atomic E-state index is 12.4. The Morgan fingerprint density at radius 3 is 2.25 bits per heavy atom. The molecule has 0 N–H and O–H groups in total. The minimum atomic E-state index is -1.65. The van der Waals surface area contributed by atoms with E-state index in [1.165, 1.54) is 17.3 Å². The Kier molecular flexibility index (Phi) is 9.31. The molecule has 1 rings (SSSR count). The van der Waals surface area contributed by atoms with E-state index in [9.17, 15) is 9.18 Å². The third-order valence-corrected chi connectivity index (χ3v) is 15.1. The summed E-state index contributed by atoms with van der Waals surface area (Å²) in [6, 6.07) is 10.8. The highest BCUT2D eigenvalue weighted by atomic mass is 28.4. The van der Waals surface area contributed by atoms with Crippen LogP contribution in [-0.2, 0) is 8.91 Å². The molecule has 3 nitrogen and oxygen atoms in total. The molecule has 0 bridgehead atoms. The van der Waals surface area contributed by atoms with Crippen molar-refractivity contribution in [2.24, 2.45) is 0 Å². The standard InChI is InChI=1S/C21H40FNO2Si3/c1-23(21(24)14-9-10-15-22)19-12-11-13-20(18-19)27(5,6)16-17-28(7,8)25-26(2,3)4/h11-13,18H,9-10,14-17H2,1-8H3. The van der Waals surface area contributed by atoms with Crippen LogP contribution in [0.1, 0.15) is 19.3 Å². The second-order valence-corrected chi connectivity index (χ2v) is 23.9. The van der Waals surface area contributed by atoms with Gasteiger partial charge in [-0.3, -0.25) is 9.18 Å². The monoisotopic (exact) mass is 441 g/mol. The lowest BCUT2D eigenvalue weighted by Crippen LogP contribution is -2.47. The SMILES string of the molecule is CN(C(=O)CCCCF)c1cccc([Si](C)(C)CC[Si](C)(C)O[Si](C)(C)C)c1. The summed E-state index contributed by atoms with van der Waals surface area (Å²) in [6.07, 6.45) is 1.47. The maximum Gasteiger partial charge on any atom is 0.226 e. The number of anilines is 1. The fourth-order valence-electron chi connectivity index (χ4n) is 3.46. The molecule has 0 saturated carbocycles. The van der Waals surface area contributed by atoms with Crippen molar-refractivity contribution >= 4 is 41.5 Å². The van der Waals surface area contributed by atoms with Crippen molar-refractivity contribution < 1.29 is 13.3 Å². The normalized spacial score (nSPS) is 12.9. The number of halogens is 1. The molecule has 7 heteroatoms. The summed E-state index contributed by atoms with van der Waals surface area (Å²) in [7, 11) is -2.96. The van der Waals surface area contributed by atoms with E-state index in [-0.39, 0.29) is 12.6 Å². The predicted molar refractivity (Wildman–Crippen MR) is 128 cm³/mol. The molecule has 0 aliphatic carbocycles. The van der Waals surface area contributed by atoms with Gasteiger partial charge in [0.2, 0.25) is 5.91 Å². The van der Waals surface area contributed by atoms with Crippen molar-refractivity contribution in [3.8, 4) is 0 Å². The zero-order chi connectivity index (χ0) is 21.6. The number of hydrogen-bond acceptors (Lipinski definition) is 2. The Hall–Kier alpha value is -0.769. The molecule has 0 saturated heterocycles. The van der Waals surface area contributed by atoms with E-state index in [2.05, 4.69) is 64.0 Å². The van der Waals surface area contributed by atoms with Crippen LogP contribution in [-0.4, -0.2) is 44.3 Å². The molecule has 160 valence electrons. The van der Waals surface area contributed by atoms with Crippen LogP contribution in [0.4, 0.5) is 10.1 Å². The lowest BCUT2D eigenvalue weighted by Gasteiger charge is -2.34. The molecule has 0 unspecified atom stereocenters. The molecule has 1 amide bonds. The summed E-state index contributed by atoms with van der Waals surface area (Å²) < 4.78 is 18.8. The molecule has 0 aliphatic rings. The van der Waals surface area contributed by atoms with Crippen molar-refractivity contribution in [2.75, 3.05) is 18.6 Å². The fourth-order valence-corrected chi connectivity index (χ4v) is 16.8. The zero-order valence-corrected chi connectivity index (χ0v) is 22.2. The Bertz CT molecular complexity index is 645. The molecule has 0 heterocycles. The smallest absolute Gasteiger partial charge is 0.226 e. The highest BCUT2D eigenvalue weighted by Crippen LogP contribution is 2.25. The van der Waals surface area contributed by atoms with Crippen molar-refractivity contribution in [2.45, 2.75) is 77.2 Å². The van der Waals surface area contributed by atoms with Gasteiger partial charge in [0, 0.05) is 19.2 Å². The van der Waals surface area contributed by atoms with E-state index in [4.69, 9.17) is 4.12 Å². The summed E-state index contributed by atoms with van der Waals surface area (Å²) in [5.74, 6) is 0.0575. The first kappa shape index (κ1) is 25.3. The first-order valence-electron chi connectivity index (χ1n) is 10.4. The summed E-state index contributed by atoms with van der Waals surface area (Å²) in [5, 5.41) is 1.38. The first-order chi connectivity index (χ1) is 12.8. The van der Waals surface area contributed by atoms with E-state index >= 15 is 0 Å². The van der Waals surface area contributed by atoms with Gasteiger partial charge in [0.1, 0.15) is 0 Å². The lowest BCUT2D eigenvalue weighted by atomic mass is 10.2. The largest absolute Gasteiger partial charge is 0.456 e. The van der Waals surface area contributed by atoms with E-state index in [0.29, 0.717) is 19.3 Å². The second-order valence-electron chi connectivity index (χ2n) is 10.0. The highest BCUT2D eigenvalue weighted by molar-refractivity contribution is 6.92. The summed E-state index contributed by atoms with van der Waals surface area (Å²) >= 11 is 0. The number of benzene rings is 1. The van der Waals surface area contributed by atoms with Gasteiger partial charge in [-0.05, 0) is 63.8 Å². The van der Waals surface area contributed by atoms with Crippen LogP contribution < -0.4 is 10.1 Å². The van der Waals surface area contributed by atoms with Gasteiger partial charge in [-0.25, -0.2) is 0 Å². The third-order valence-electron chi connectivity index (χ3n) is 5.10. The second kappa shape index (κ2) is 10.3. The van der Waals surface area contributed by atoms with E-state index in [1.54, 1.807) is 4.90 Å². The number of rotatable bonds is 11. The van der Waals surface area contributed by atoms with Crippen LogP contribution in [0.2, 0.25) is 57.9 Å². The molecular weight excluding hydrogens is 401 g/mol. The molecule has 0 aromatic heterocycles. The lowest BCUT2D eigenvalue weighted by molar-refractivity contribution is -0.118. The van der Waals surface area contributed by atoms with Gasteiger partial charge in [0.15, 0.2) is 16.6 Å². The number of alkyl halides is 1. The van der Waals surface area contributed by atoms with Gasteiger partial charge in [0.05, 0.1) is 14.7 Å². The van der Waals surface area contributed by atoms with Crippen LogP contribution in [0.5, 0.6) is 0 Å². The van der Waals surface area contributed by atoms with Crippen LogP contribution >= 0.6 is 0 Å². The topological polar surface area (TPSA) is 29.5 Å². The van der Waals surface area contributed by atoms with E-state index in [1.807, 2.05) is 13.1 Å². The number of hydrogen-bond donors (Lipinski definition) is 0. The summed E-state index contributed by atoms with van der Waals surface area (Å²) in [6.45, 7) is 16.0. The Morgan fingerprint density at radius 1 is 1.04 bits per heavy atom. The molecule has 0 radical (unpaired) electrons. The predicted octanol–water partition coefficient (Wildman–Crippen LogP) is 5.76. The summed E-state index contributed by atoms with van der Waals surface area (Å²) in [5.41, 5.74) is 0.943. The molecular formula is C21H40FNO2Si3. The maximum absolute atomic E-state index is 12.4. The highest BCUT2D eigenvalue weighted by Gasteiger charge is 2.33.